The van der Waals surface area contributed by atoms with Crippen molar-refractivity contribution >= 4 is 40.0 Å². The van der Waals surface area contributed by atoms with E-state index < -0.39 is 5.97 Å². The lowest BCUT2D eigenvalue weighted by atomic mass is 9.79. The van der Waals surface area contributed by atoms with Gasteiger partial charge in [0.15, 0.2) is 0 Å². The molecule has 10 heteroatoms. The summed E-state index contributed by atoms with van der Waals surface area (Å²) in [5, 5.41) is 12.6. The van der Waals surface area contributed by atoms with Crippen molar-refractivity contribution in [3.63, 3.8) is 0 Å². The van der Waals surface area contributed by atoms with Gasteiger partial charge in [-0.25, -0.2) is 4.98 Å². The van der Waals surface area contributed by atoms with Crippen molar-refractivity contribution in [3.05, 3.63) is 47.6 Å². The van der Waals surface area contributed by atoms with E-state index in [0.717, 1.165) is 71.2 Å². The number of nitrogens with zero attached hydrogens (tertiary/aromatic N) is 3. The number of methoxy groups -OCH3 is 1. The molecule has 2 N–H and O–H groups in total. The Bertz CT molecular complexity index is 1110. The highest BCUT2D eigenvalue weighted by molar-refractivity contribution is 8.01. The highest BCUT2D eigenvalue weighted by Gasteiger charge is 2.31. The molecular weight excluding hydrogens is 496 g/mol. The number of hydroxylamine groups is 1. The molecule has 0 radical (unpaired) electrons. The monoisotopic (exact) mass is 530 g/mol. The SMILES string of the molecule is CON[C@H](CC[C@@H]1CCN(CCSc2nccs2)C[C@@H]1CC(=O)O)c1ccnc2ccc(OC)cc12. The molecule has 1 aliphatic heterocycles. The van der Waals surface area contributed by atoms with Gasteiger partial charge in [0.1, 0.15) is 10.1 Å². The van der Waals surface area contributed by atoms with Gasteiger partial charge in [-0.2, -0.15) is 5.48 Å². The number of ether oxygens (including phenoxy) is 1. The van der Waals surface area contributed by atoms with Crippen molar-refractivity contribution in [2.75, 3.05) is 39.6 Å². The Morgan fingerprint density at radius 1 is 1.28 bits per heavy atom. The minimum atomic E-state index is -0.720. The van der Waals surface area contributed by atoms with E-state index in [1.165, 1.54) is 0 Å². The van der Waals surface area contributed by atoms with Crippen LogP contribution in [-0.4, -0.2) is 65.6 Å². The first-order valence-electron chi connectivity index (χ1n) is 12.2. The number of benzene rings is 1. The summed E-state index contributed by atoms with van der Waals surface area (Å²) in [5.41, 5.74) is 5.18. The van der Waals surface area contributed by atoms with Crippen LogP contribution >= 0.6 is 23.1 Å². The van der Waals surface area contributed by atoms with E-state index in [1.54, 1.807) is 37.3 Å². The number of fused-ring (bicyclic) bond motifs is 1. The zero-order valence-electron chi connectivity index (χ0n) is 20.8. The van der Waals surface area contributed by atoms with Crippen molar-refractivity contribution in [1.29, 1.82) is 0 Å². The zero-order valence-corrected chi connectivity index (χ0v) is 22.4. The maximum atomic E-state index is 11.7. The van der Waals surface area contributed by atoms with Gasteiger partial charge in [-0.1, -0.05) is 11.8 Å². The Hall–Kier alpha value is -2.24. The summed E-state index contributed by atoms with van der Waals surface area (Å²) in [7, 11) is 3.29. The maximum Gasteiger partial charge on any atom is 0.303 e. The highest BCUT2D eigenvalue weighted by atomic mass is 32.2. The molecule has 8 nitrogen and oxygen atoms in total. The smallest absolute Gasteiger partial charge is 0.303 e. The Morgan fingerprint density at radius 2 is 2.17 bits per heavy atom. The van der Waals surface area contributed by atoms with Crippen molar-refractivity contribution in [1.82, 2.24) is 20.3 Å². The maximum absolute atomic E-state index is 11.7. The fourth-order valence-corrected chi connectivity index (χ4v) is 6.82. The number of carboxylic acid groups (broad SMARTS) is 1. The number of rotatable bonds is 13. The van der Waals surface area contributed by atoms with Crippen LogP contribution in [0.5, 0.6) is 5.75 Å². The van der Waals surface area contributed by atoms with Crippen LogP contribution in [0.1, 0.15) is 37.3 Å². The average molecular weight is 531 g/mol. The largest absolute Gasteiger partial charge is 0.497 e. The van der Waals surface area contributed by atoms with Crippen LogP contribution in [0.15, 0.2) is 46.4 Å². The van der Waals surface area contributed by atoms with E-state index in [1.807, 2.05) is 42.0 Å². The summed E-state index contributed by atoms with van der Waals surface area (Å²) in [6.45, 7) is 2.77. The van der Waals surface area contributed by atoms with Gasteiger partial charge >= 0.3 is 5.97 Å². The molecule has 0 amide bonds. The predicted octanol–water partition coefficient (Wildman–Crippen LogP) is 4.88. The van der Waals surface area contributed by atoms with E-state index in [9.17, 15) is 9.90 Å². The van der Waals surface area contributed by atoms with Gasteiger partial charge in [-0.05, 0) is 67.5 Å². The van der Waals surface area contributed by atoms with Crippen LogP contribution < -0.4 is 10.2 Å². The second-order valence-corrected chi connectivity index (χ2v) is 11.3. The first-order chi connectivity index (χ1) is 17.6. The van der Waals surface area contributed by atoms with Gasteiger partial charge in [0.25, 0.3) is 0 Å². The quantitative estimate of drug-likeness (QED) is 0.237. The van der Waals surface area contributed by atoms with E-state index in [2.05, 4.69) is 20.3 Å². The summed E-state index contributed by atoms with van der Waals surface area (Å²) >= 11 is 3.43. The number of nitrogens with one attached hydrogen (secondary N) is 1. The van der Waals surface area contributed by atoms with E-state index in [0.29, 0.717) is 5.92 Å². The normalized spacial score (nSPS) is 19.4. The molecule has 4 rings (SSSR count). The number of hydrogen-bond donors (Lipinski definition) is 2. The number of piperidine rings is 1. The predicted molar refractivity (Wildman–Crippen MR) is 144 cm³/mol. The first-order valence-corrected chi connectivity index (χ1v) is 14.1. The molecule has 0 spiro atoms. The molecular formula is C26H34N4O4S2. The van der Waals surface area contributed by atoms with Crippen LogP contribution in [0.4, 0.5) is 0 Å². The van der Waals surface area contributed by atoms with Crippen molar-refractivity contribution in [3.8, 4) is 5.75 Å². The molecule has 1 aromatic carbocycles. The summed E-state index contributed by atoms with van der Waals surface area (Å²) in [4.78, 5) is 28.3. The number of carboxylic acids is 1. The lowest BCUT2D eigenvalue weighted by molar-refractivity contribution is -0.139. The number of aliphatic carboxylic acids is 1. The molecule has 36 heavy (non-hydrogen) atoms. The molecule has 3 aromatic rings. The van der Waals surface area contributed by atoms with Gasteiger partial charge in [-0.15, -0.1) is 11.3 Å². The molecule has 0 saturated carbocycles. The number of thiazole rings is 1. The van der Waals surface area contributed by atoms with Crippen LogP contribution in [-0.2, 0) is 9.63 Å². The molecule has 1 aliphatic rings. The molecule has 1 fully saturated rings. The summed E-state index contributed by atoms with van der Waals surface area (Å²) in [6, 6.07) is 7.88. The van der Waals surface area contributed by atoms with Gasteiger partial charge in [-0.3, -0.25) is 9.78 Å². The fraction of sp³-hybridized carbons (Fsp3) is 0.500. The number of likely N-dealkylation sites (tertiary alicyclic amines) is 1. The van der Waals surface area contributed by atoms with E-state index >= 15 is 0 Å². The molecule has 194 valence electrons. The minimum Gasteiger partial charge on any atom is -0.497 e. The lowest BCUT2D eigenvalue weighted by Crippen LogP contribution is -2.42. The second-order valence-electron chi connectivity index (χ2n) is 9.09. The van der Waals surface area contributed by atoms with Gasteiger partial charge in [0.05, 0.1) is 25.8 Å². The van der Waals surface area contributed by atoms with Crippen molar-refractivity contribution < 1.29 is 19.5 Å². The summed E-state index contributed by atoms with van der Waals surface area (Å²) < 4.78 is 6.53. The van der Waals surface area contributed by atoms with E-state index in [4.69, 9.17) is 9.57 Å². The van der Waals surface area contributed by atoms with Gasteiger partial charge in [0, 0.05) is 48.4 Å². The Kier molecular flexibility index (Phi) is 9.94. The Balaban J connectivity index is 1.41. The Morgan fingerprint density at radius 3 is 2.92 bits per heavy atom. The first kappa shape index (κ1) is 26.8. The average Bonchev–Trinajstić information content (AvgIpc) is 3.40. The zero-order chi connectivity index (χ0) is 25.3. The van der Waals surface area contributed by atoms with Crippen LogP contribution in [0.3, 0.4) is 0 Å². The van der Waals surface area contributed by atoms with Crippen LogP contribution in [0.25, 0.3) is 10.9 Å². The molecule has 3 heterocycles. The van der Waals surface area contributed by atoms with Gasteiger partial charge in [0.2, 0.25) is 0 Å². The van der Waals surface area contributed by atoms with E-state index in [-0.39, 0.29) is 18.4 Å². The number of carbonyl (C=O) groups is 1. The summed E-state index contributed by atoms with van der Waals surface area (Å²) in [5.74, 6) is 1.53. The number of thioether (sulfide) groups is 1. The molecule has 0 unspecified atom stereocenters. The van der Waals surface area contributed by atoms with Crippen molar-refractivity contribution in [2.24, 2.45) is 11.8 Å². The topological polar surface area (TPSA) is 96.8 Å². The number of pyridine rings is 1. The molecule has 1 saturated heterocycles. The standard InChI is InChI=1S/C26H34N4O4S2/c1-33-20-4-6-23-22(16-20)21(7-9-27-23)24(29-34-2)5-3-18-8-11-30(17-19(18)15-25(31)32)12-14-36-26-28-10-13-35-26/h4,6-7,9-10,13,16,18-19,24,29H,3,5,8,11-12,14-15,17H2,1-2H3,(H,31,32)/t18-,19+,24-/m1/s1. The number of hydrogen-bond acceptors (Lipinski definition) is 9. The molecule has 0 aliphatic carbocycles. The van der Waals surface area contributed by atoms with Crippen LogP contribution in [0.2, 0.25) is 0 Å². The van der Waals surface area contributed by atoms with Crippen molar-refractivity contribution in [2.45, 2.75) is 36.1 Å². The summed E-state index contributed by atoms with van der Waals surface area (Å²) in [6.07, 6.45) is 6.63. The third-order valence-corrected chi connectivity index (χ3v) is 8.85. The van der Waals surface area contributed by atoms with Crippen LogP contribution in [0, 0.1) is 11.8 Å². The lowest BCUT2D eigenvalue weighted by Gasteiger charge is -2.38. The van der Waals surface area contributed by atoms with Gasteiger partial charge < -0.3 is 19.6 Å². The number of aromatic nitrogens is 2. The molecule has 0 bridgehead atoms. The third-order valence-electron chi connectivity index (χ3n) is 6.90. The molecule has 3 atom stereocenters. The third kappa shape index (κ3) is 7.17. The fourth-order valence-electron chi connectivity index (χ4n) is 5.12. The second kappa shape index (κ2) is 13.3. The molecule has 2 aromatic heterocycles. The minimum absolute atomic E-state index is 0.0363. The highest BCUT2D eigenvalue weighted by Crippen LogP contribution is 2.35. The Labute approximate surface area is 220 Å².